The van der Waals surface area contributed by atoms with E-state index in [2.05, 4.69) is 48.9 Å². The number of rotatable bonds is 7. The Kier molecular flexibility index (Phi) is 4.85. The minimum atomic E-state index is 0.464. The summed E-state index contributed by atoms with van der Waals surface area (Å²) >= 11 is 1.58. The summed E-state index contributed by atoms with van der Waals surface area (Å²) in [6, 6.07) is 12.6. The zero-order chi connectivity index (χ0) is 19.6. The smallest absolute Gasteiger partial charge is 0.237 e. The van der Waals surface area contributed by atoms with Gasteiger partial charge in [-0.3, -0.25) is 9.55 Å². The van der Waals surface area contributed by atoms with E-state index in [-0.39, 0.29) is 0 Å². The highest BCUT2D eigenvalue weighted by atomic mass is 32.2. The van der Waals surface area contributed by atoms with E-state index in [9.17, 15) is 0 Å². The van der Waals surface area contributed by atoms with Crippen molar-refractivity contribution < 1.29 is 4.52 Å². The molecule has 7 nitrogen and oxygen atoms in total. The number of hydrogen-bond acceptors (Lipinski definition) is 7. The monoisotopic (exact) mass is 404 g/mol. The summed E-state index contributed by atoms with van der Waals surface area (Å²) in [5.41, 5.74) is 3.28. The number of pyridine rings is 1. The normalized spacial score (nSPS) is 13.7. The Morgan fingerprint density at radius 2 is 1.83 bits per heavy atom. The van der Waals surface area contributed by atoms with Gasteiger partial charge < -0.3 is 4.52 Å². The van der Waals surface area contributed by atoms with Crippen LogP contribution in [-0.2, 0) is 12.2 Å². The molecule has 0 unspecified atom stereocenters. The molecule has 4 aromatic rings. The van der Waals surface area contributed by atoms with Gasteiger partial charge in [-0.05, 0) is 37.0 Å². The van der Waals surface area contributed by atoms with E-state index < -0.39 is 0 Å². The van der Waals surface area contributed by atoms with Crippen LogP contribution < -0.4 is 0 Å². The SMILES string of the molecule is CCc1ccc(-c2noc(CSc3nnc(-c4ccncc4)n3C3CC3)n2)cc1. The standard InChI is InChI=1S/C21H20N6OS/c1-2-14-3-5-15(6-4-14)19-23-18(28-26-19)13-29-21-25-24-20(27(21)17-7-8-17)16-9-11-22-12-10-16/h3-6,9-12,17H,2,7-8,13H2,1H3. The summed E-state index contributed by atoms with van der Waals surface area (Å²) in [4.78, 5) is 8.63. The molecule has 3 heterocycles. The molecule has 1 aromatic carbocycles. The van der Waals surface area contributed by atoms with Crippen LogP contribution in [-0.4, -0.2) is 29.9 Å². The molecule has 1 saturated carbocycles. The Bertz CT molecular complexity index is 1100. The first-order valence-electron chi connectivity index (χ1n) is 9.72. The predicted molar refractivity (Wildman–Crippen MR) is 110 cm³/mol. The third-order valence-corrected chi connectivity index (χ3v) is 5.86. The Morgan fingerprint density at radius 1 is 1.03 bits per heavy atom. The highest BCUT2D eigenvalue weighted by molar-refractivity contribution is 7.98. The maximum atomic E-state index is 5.46. The van der Waals surface area contributed by atoms with Gasteiger partial charge in [0.1, 0.15) is 0 Å². The third-order valence-electron chi connectivity index (χ3n) is 4.93. The second-order valence-corrected chi connectivity index (χ2v) is 7.94. The molecule has 0 spiro atoms. The van der Waals surface area contributed by atoms with Crippen LogP contribution in [0.4, 0.5) is 0 Å². The lowest BCUT2D eigenvalue weighted by Crippen LogP contribution is -2.00. The van der Waals surface area contributed by atoms with Gasteiger partial charge in [-0.15, -0.1) is 10.2 Å². The number of aryl methyl sites for hydroxylation is 1. The molecular weight excluding hydrogens is 384 g/mol. The molecule has 0 aliphatic heterocycles. The van der Waals surface area contributed by atoms with Crippen molar-refractivity contribution in [1.29, 1.82) is 0 Å². The van der Waals surface area contributed by atoms with Gasteiger partial charge in [-0.2, -0.15) is 4.98 Å². The van der Waals surface area contributed by atoms with Gasteiger partial charge in [0.25, 0.3) is 0 Å². The average molecular weight is 404 g/mol. The van der Waals surface area contributed by atoms with Gasteiger partial charge in [0.15, 0.2) is 11.0 Å². The molecule has 0 bridgehead atoms. The first-order chi connectivity index (χ1) is 14.3. The maximum Gasteiger partial charge on any atom is 0.237 e. The van der Waals surface area contributed by atoms with Crippen LogP contribution in [0.3, 0.4) is 0 Å². The van der Waals surface area contributed by atoms with Gasteiger partial charge in [0.05, 0.1) is 5.75 Å². The quantitative estimate of drug-likeness (QED) is 0.417. The lowest BCUT2D eigenvalue weighted by atomic mass is 10.1. The van der Waals surface area contributed by atoms with Gasteiger partial charge in [0, 0.05) is 29.6 Å². The fraction of sp³-hybridized carbons (Fsp3) is 0.286. The van der Waals surface area contributed by atoms with E-state index in [0.29, 0.717) is 23.5 Å². The van der Waals surface area contributed by atoms with Crippen molar-refractivity contribution in [2.24, 2.45) is 0 Å². The van der Waals surface area contributed by atoms with Crippen LogP contribution in [0.15, 0.2) is 58.5 Å². The molecule has 0 N–H and O–H groups in total. The Hall–Kier alpha value is -3.00. The van der Waals surface area contributed by atoms with Crippen molar-refractivity contribution in [3.05, 3.63) is 60.2 Å². The fourth-order valence-electron chi connectivity index (χ4n) is 3.18. The molecular formula is C21H20N6OS. The van der Waals surface area contributed by atoms with Crippen LogP contribution >= 0.6 is 11.8 Å². The summed E-state index contributed by atoms with van der Waals surface area (Å²) in [5, 5.41) is 13.9. The van der Waals surface area contributed by atoms with Crippen molar-refractivity contribution in [2.75, 3.05) is 0 Å². The lowest BCUT2D eigenvalue weighted by Gasteiger charge is -2.07. The number of thioether (sulfide) groups is 1. The fourth-order valence-corrected chi connectivity index (χ4v) is 4.02. The summed E-state index contributed by atoms with van der Waals surface area (Å²) in [5.74, 6) is 2.64. The maximum absolute atomic E-state index is 5.46. The van der Waals surface area contributed by atoms with E-state index in [4.69, 9.17) is 4.52 Å². The molecule has 0 amide bonds. The zero-order valence-corrected chi connectivity index (χ0v) is 16.8. The minimum Gasteiger partial charge on any atom is -0.338 e. The van der Waals surface area contributed by atoms with Crippen LogP contribution in [0.5, 0.6) is 0 Å². The third kappa shape index (κ3) is 3.80. The number of hydrogen-bond donors (Lipinski definition) is 0. The number of nitrogens with zero attached hydrogens (tertiary/aromatic N) is 6. The summed E-state index contributed by atoms with van der Waals surface area (Å²) in [6.07, 6.45) is 6.88. The first-order valence-corrected chi connectivity index (χ1v) is 10.7. The molecule has 5 rings (SSSR count). The second kappa shape index (κ2) is 7.79. The Balaban J connectivity index is 1.33. The molecule has 8 heteroatoms. The van der Waals surface area contributed by atoms with E-state index in [0.717, 1.165) is 41.4 Å². The van der Waals surface area contributed by atoms with Crippen molar-refractivity contribution in [3.8, 4) is 22.8 Å². The highest BCUT2D eigenvalue weighted by Crippen LogP contribution is 2.41. The minimum absolute atomic E-state index is 0.464. The van der Waals surface area contributed by atoms with Gasteiger partial charge in [0.2, 0.25) is 11.7 Å². The van der Waals surface area contributed by atoms with E-state index in [1.165, 1.54) is 5.56 Å². The molecule has 0 atom stereocenters. The van der Waals surface area contributed by atoms with Crippen LogP contribution in [0.2, 0.25) is 0 Å². The van der Waals surface area contributed by atoms with Gasteiger partial charge in [-0.1, -0.05) is 48.1 Å². The second-order valence-electron chi connectivity index (χ2n) is 6.99. The molecule has 146 valence electrons. The molecule has 1 aliphatic carbocycles. The van der Waals surface area contributed by atoms with Crippen LogP contribution in [0.1, 0.15) is 37.3 Å². The van der Waals surface area contributed by atoms with Crippen molar-refractivity contribution in [1.82, 2.24) is 29.9 Å². The van der Waals surface area contributed by atoms with Crippen molar-refractivity contribution >= 4 is 11.8 Å². The lowest BCUT2D eigenvalue weighted by molar-refractivity contribution is 0.391. The molecule has 3 aromatic heterocycles. The zero-order valence-electron chi connectivity index (χ0n) is 16.0. The summed E-state index contributed by atoms with van der Waals surface area (Å²) in [6.45, 7) is 2.14. The largest absolute Gasteiger partial charge is 0.338 e. The summed E-state index contributed by atoms with van der Waals surface area (Å²) in [7, 11) is 0. The first kappa shape index (κ1) is 18.1. The highest BCUT2D eigenvalue weighted by Gasteiger charge is 2.30. The predicted octanol–water partition coefficient (Wildman–Crippen LogP) is 4.58. The van der Waals surface area contributed by atoms with E-state index in [1.807, 2.05) is 24.3 Å². The van der Waals surface area contributed by atoms with Gasteiger partial charge in [-0.25, -0.2) is 0 Å². The van der Waals surface area contributed by atoms with Crippen molar-refractivity contribution in [2.45, 2.75) is 43.1 Å². The molecule has 1 aliphatic rings. The molecule has 1 fully saturated rings. The Labute approximate surface area is 172 Å². The summed E-state index contributed by atoms with van der Waals surface area (Å²) < 4.78 is 7.68. The van der Waals surface area contributed by atoms with Crippen molar-refractivity contribution in [3.63, 3.8) is 0 Å². The topological polar surface area (TPSA) is 82.5 Å². The van der Waals surface area contributed by atoms with Crippen LogP contribution in [0.25, 0.3) is 22.8 Å². The number of benzene rings is 1. The molecule has 0 radical (unpaired) electrons. The molecule has 0 saturated heterocycles. The van der Waals surface area contributed by atoms with E-state index in [1.54, 1.807) is 24.2 Å². The van der Waals surface area contributed by atoms with Gasteiger partial charge >= 0.3 is 0 Å². The average Bonchev–Trinajstić information content (AvgIpc) is 3.35. The van der Waals surface area contributed by atoms with E-state index >= 15 is 0 Å². The molecule has 29 heavy (non-hydrogen) atoms. The van der Waals surface area contributed by atoms with Crippen LogP contribution in [0, 0.1) is 0 Å². The Morgan fingerprint density at radius 3 is 2.55 bits per heavy atom. The number of aromatic nitrogens is 6.